The predicted octanol–water partition coefficient (Wildman–Crippen LogP) is 5.47. The van der Waals surface area contributed by atoms with Crippen molar-refractivity contribution in [2.75, 3.05) is 0 Å². The first kappa shape index (κ1) is 25.4. The van der Waals surface area contributed by atoms with Crippen LogP contribution in [0.2, 0.25) is 0 Å². The molecule has 218 valence electrons. The Bertz CT molecular complexity index is 1850. The topological polar surface area (TPSA) is 86.2 Å². The van der Waals surface area contributed by atoms with Crippen molar-refractivity contribution in [3.8, 4) is 0 Å². The number of hydrogen-bond donors (Lipinski definition) is 0. The Labute approximate surface area is 259 Å². The predicted molar refractivity (Wildman–Crippen MR) is 165 cm³/mol. The summed E-state index contributed by atoms with van der Waals surface area (Å²) in [5.41, 5.74) is 3.98. The molecule has 10 atom stereocenters. The quantitative estimate of drug-likeness (QED) is 0.179. The molecule has 2 aromatic carbocycles. The summed E-state index contributed by atoms with van der Waals surface area (Å²) >= 11 is 0. The number of carbonyl (C=O) groups excluding carboxylic acids is 3. The van der Waals surface area contributed by atoms with Gasteiger partial charge in [-0.25, -0.2) is 0 Å². The Morgan fingerprint density at radius 2 is 0.933 bits per heavy atom. The zero-order valence-corrected chi connectivity index (χ0v) is 24.2. The molecule has 3 heterocycles. The number of benzene rings is 2. The third-order valence-corrected chi connectivity index (χ3v) is 12.2. The summed E-state index contributed by atoms with van der Waals surface area (Å²) in [5.74, 6) is -1.97. The normalized spacial score (nSPS) is 38.1. The van der Waals surface area contributed by atoms with E-state index in [0.29, 0.717) is 0 Å². The standard InChI is InChI=1S/C39H28N2O4/c42-35-29-25-11-12-26(30(29)36(43)45-35)28-27(25)33-34(28)39(24-9-5-2-6-10-24)32(22-15-19-41-20-16-22)31(21-13-17-40-18-14-21)38(33,37(39)44)23-7-3-1-4-8-23/h1-20,25-30,33-34H. The van der Waals surface area contributed by atoms with Crippen molar-refractivity contribution in [1.29, 1.82) is 0 Å². The van der Waals surface area contributed by atoms with Gasteiger partial charge < -0.3 is 4.74 Å². The van der Waals surface area contributed by atoms with Gasteiger partial charge in [0.15, 0.2) is 5.78 Å². The summed E-state index contributed by atoms with van der Waals surface area (Å²) in [6.45, 7) is 0. The number of esters is 2. The minimum atomic E-state index is -0.976. The van der Waals surface area contributed by atoms with E-state index in [9.17, 15) is 9.59 Å². The van der Waals surface area contributed by atoms with Crippen molar-refractivity contribution in [3.63, 3.8) is 0 Å². The molecule has 1 aliphatic heterocycles. The van der Waals surface area contributed by atoms with Crippen LogP contribution in [-0.4, -0.2) is 27.7 Å². The van der Waals surface area contributed by atoms with Gasteiger partial charge in [0.05, 0.1) is 22.7 Å². The monoisotopic (exact) mass is 588 g/mol. The van der Waals surface area contributed by atoms with Crippen LogP contribution in [-0.2, 0) is 30.0 Å². The molecule has 3 saturated carbocycles. The lowest BCUT2D eigenvalue weighted by Gasteiger charge is -2.68. The van der Waals surface area contributed by atoms with Crippen LogP contribution in [0.3, 0.4) is 0 Å². The first-order valence-corrected chi connectivity index (χ1v) is 15.8. The summed E-state index contributed by atoms with van der Waals surface area (Å²) in [4.78, 5) is 51.2. The third kappa shape index (κ3) is 2.73. The molecule has 0 N–H and O–H groups in total. The van der Waals surface area contributed by atoms with Crippen molar-refractivity contribution in [3.05, 3.63) is 144 Å². The average Bonchev–Trinajstić information content (AvgIpc) is 3.60. The van der Waals surface area contributed by atoms with Gasteiger partial charge >= 0.3 is 11.9 Å². The maximum atomic E-state index is 16.1. The summed E-state index contributed by atoms with van der Waals surface area (Å²) in [7, 11) is 0. The number of ketones is 1. The Hall–Kier alpha value is -4.97. The van der Waals surface area contributed by atoms with Gasteiger partial charge in [-0.2, -0.15) is 0 Å². The van der Waals surface area contributed by atoms with Crippen molar-refractivity contribution < 1.29 is 19.1 Å². The van der Waals surface area contributed by atoms with Crippen LogP contribution in [0.15, 0.2) is 122 Å². The van der Waals surface area contributed by atoms with Gasteiger partial charge in [-0.3, -0.25) is 24.4 Å². The minimum absolute atomic E-state index is 0.0512. The third-order valence-electron chi connectivity index (χ3n) is 12.2. The number of aromatic nitrogens is 2. The molecule has 45 heavy (non-hydrogen) atoms. The molecule has 6 aliphatic carbocycles. The number of hydrogen-bond acceptors (Lipinski definition) is 6. The van der Waals surface area contributed by atoms with Crippen LogP contribution in [0.25, 0.3) is 11.1 Å². The molecule has 0 radical (unpaired) electrons. The fourth-order valence-corrected chi connectivity index (χ4v) is 11.2. The molecular formula is C39H28N2O4. The summed E-state index contributed by atoms with van der Waals surface area (Å²) < 4.78 is 5.32. The molecule has 4 aromatic rings. The largest absolute Gasteiger partial charge is 0.393 e. The fraction of sp³-hybridized carbons (Fsp3) is 0.256. The lowest BCUT2D eigenvalue weighted by molar-refractivity contribution is -0.167. The van der Waals surface area contributed by atoms with Crippen LogP contribution in [0.4, 0.5) is 0 Å². The van der Waals surface area contributed by atoms with E-state index in [4.69, 9.17) is 4.74 Å². The second-order valence-corrected chi connectivity index (χ2v) is 13.4. The molecule has 0 amide bonds. The van der Waals surface area contributed by atoms with Crippen LogP contribution in [0, 0.1) is 47.3 Å². The number of allylic oxidation sites excluding steroid dienone is 4. The second-order valence-electron chi connectivity index (χ2n) is 13.4. The first-order chi connectivity index (χ1) is 22.1. The molecule has 1 saturated heterocycles. The lowest BCUT2D eigenvalue weighted by atomic mass is 9.33. The number of Topliss-reactive ketones (excluding diaryl/α,β-unsaturated/α-hetero) is 1. The van der Waals surface area contributed by atoms with Gasteiger partial charge in [-0.05, 0) is 93.2 Å². The molecule has 4 bridgehead atoms. The molecule has 7 aliphatic rings. The van der Waals surface area contributed by atoms with Gasteiger partial charge in [0, 0.05) is 24.8 Å². The number of ether oxygens (including phenoxy) is 1. The van der Waals surface area contributed by atoms with Crippen molar-refractivity contribution in [1.82, 2.24) is 9.97 Å². The van der Waals surface area contributed by atoms with Crippen molar-refractivity contribution in [2.45, 2.75) is 10.8 Å². The zero-order chi connectivity index (χ0) is 30.1. The van der Waals surface area contributed by atoms with Crippen LogP contribution in [0.1, 0.15) is 22.3 Å². The second kappa shape index (κ2) is 8.60. The lowest BCUT2D eigenvalue weighted by Crippen LogP contribution is -2.67. The number of pyridine rings is 2. The van der Waals surface area contributed by atoms with E-state index < -0.39 is 34.6 Å². The Morgan fingerprint density at radius 1 is 0.533 bits per heavy atom. The number of fused-ring (bicyclic) bond motifs is 5. The van der Waals surface area contributed by atoms with Crippen LogP contribution >= 0.6 is 0 Å². The highest BCUT2D eigenvalue weighted by Gasteiger charge is 2.86. The summed E-state index contributed by atoms with van der Waals surface area (Å²) in [5, 5.41) is 0. The first-order valence-electron chi connectivity index (χ1n) is 15.8. The van der Waals surface area contributed by atoms with E-state index in [2.05, 4.69) is 46.4 Å². The molecule has 4 fully saturated rings. The fourth-order valence-electron chi connectivity index (χ4n) is 11.2. The molecular weight excluding hydrogens is 560 g/mol. The van der Waals surface area contributed by atoms with E-state index in [-0.39, 0.29) is 41.3 Å². The van der Waals surface area contributed by atoms with Crippen molar-refractivity contribution in [2.24, 2.45) is 47.3 Å². The van der Waals surface area contributed by atoms with E-state index in [1.54, 1.807) is 24.8 Å². The Kier molecular flexibility index (Phi) is 4.85. The van der Waals surface area contributed by atoms with E-state index >= 15 is 4.79 Å². The maximum Gasteiger partial charge on any atom is 0.318 e. The van der Waals surface area contributed by atoms with Gasteiger partial charge in [-0.1, -0.05) is 72.8 Å². The highest BCUT2D eigenvalue weighted by atomic mass is 16.6. The highest BCUT2D eigenvalue weighted by Crippen LogP contribution is 2.84. The molecule has 11 rings (SSSR count). The summed E-state index contributed by atoms with van der Waals surface area (Å²) in [6.07, 6.45) is 11.5. The highest BCUT2D eigenvalue weighted by molar-refractivity contribution is 6.30. The molecule has 6 heteroatoms. The molecule has 0 spiro atoms. The van der Waals surface area contributed by atoms with Gasteiger partial charge in [0.2, 0.25) is 0 Å². The Morgan fingerprint density at radius 3 is 1.33 bits per heavy atom. The van der Waals surface area contributed by atoms with E-state index in [1.807, 2.05) is 60.7 Å². The summed E-state index contributed by atoms with van der Waals surface area (Å²) in [6, 6.07) is 28.6. The van der Waals surface area contributed by atoms with E-state index in [0.717, 1.165) is 33.4 Å². The average molecular weight is 589 g/mol. The smallest absolute Gasteiger partial charge is 0.318 e. The molecule has 6 nitrogen and oxygen atoms in total. The Balaban J connectivity index is 1.36. The van der Waals surface area contributed by atoms with Crippen LogP contribution in [0.5, 0.6) is 0 Å². The van der Waals surface area contributed by atoms with Gasteiger partial charge in [0.1, 0.15) is 0 Å². The van der Waals surface area contributed by atoms with Crippen molar-refractivity contribution >= 4 is 28.9 Å². The number of nitrogens with zero attached hydrogens (tertiary/aromatic N) is 2. The van der Waals surface area contributed by atoms with Gasteiger partial charge in [0.25, 0.3) is 0 Å². The van der Waals surface area contributed by atoms with Gasteiger partial charge in [-0.15, -0.1) is 0 Å². The number of cyclic esters (lactones) is 2. The minimum Gasteiger partial charge on any atom is -0.393 e. The van der Waals surface area contributed by atoms with E-state index in [1.165, 1.54) is 0 Å². The SMILES string of the molecule is O=C1OC(=O)C2C3C=CC(C12)C1C3C2C1C1(c3ccccc3)C(=O)C2(c2ccccc2)C(c2ccncc2)=C1c1ccncc1. The number of rotatable bonds is 4. The number of carbonyl (C=O) groups is 3. The zero-order valence-electron chi connectivity index (χ0n) is 24.2. The van der Waals surface area contributed by atoms with Crippen LogP contribution < -0.4 is 0 Å². The molecule has 2 aromatic heterocycles. The molecule has 10 unspecified atom stereocenters. The maximum absolute atomic E-state index is 16.1.